The molecule has 0 aliphatic heterocycles. The Kier molecular flexibility index (Phi) is 3.91. The summed E-state index contributed by atoms with van der Waals surface area (Å²) in [6.07, 6.45) is 4.19. The van der Waals surface area contributed by atoms with Crippen molar-refractivity contribution in [3.63, 3.8) is 0 Å². The summed E-state index contributed by atoms with van der Waals surface area (Å²) in [4.78, 5) is 8.16. The maximum absolute atomic E-state index is 12.6. The van der Waals surface area contributed by atoms with E-state index < -0.39 is 15.1 Å². The second-order valence-electron chi connectivity index (χ2n) is 5.41. The zero-order valence-electron chi connectivity index (χ0n) is 12.8. The molecule has 1 unspecified atom stereocenters. The smallest absolute Gasteiger partial charge is 0.158 e. The molecule has 0 radical (unpaired) electrons. The molecule has 0 saturated heterocycles. The van der Waals surface area contributed by atoms with Gasteiger partial charge in [0, 0.05) is 23.4 Å². The maximum atomic E-state index is 12.6. The number of nitriles is 1. The van der Waals surface area contributed by atoms with Gasteiger partial charge in [0.15, 0.2) is 9.84 Å². The molecule has 24 heavy (non-hydrogen) atoms. The van der Waals surface area contributed by atoms with Gasteiger partial charge in [-0.1, -0.05) is 30.3 Å². The van der Waals surface area contributed by atoms with Crippen LogP contribution in [0.5, 0.6) is 0 Å². The molecular formula is C17H14N4O2S. The molecule has 0 spiro atoms. The van der Waals surface area contributed by atoms with Gasteiger partial charge < -0.3 is 5.73 Å². The Morgan fingerprint density at radius 3 is 2.54 bits per heavy atom. The first-order chi connectivity index (χ1) is 11.4. The standard InChI is InChI=1S/C17H14N4O2S/c1-24(22,23)16(11-5-3-2-4-6-11)15-12-7-8-20-10-14(12)21-17(19)13(15)9-18/h2-8,10,16H,1H3,(H2,19,21). The van der Waals surface area contributed by atoms with Crippen molar-refractivity contribution in [1.29, 1.82) is 5.26 Å². The number of nitrogens with two attached hydrogens (primary N) is 1. The minimum Gasteiger partial charge on any atom is -0.383 e. The van der Waals surface area contributed by atoms with Crippen molar-refractivity contribution in [1.82, 2.24) is 9.97 Å². The molecule has 0 amide bonds. The van der Waals surface area contributed by atoms with Crippen LogP contribution in [0.4, 0.5) is 5.82 Å². The van der Waals surface area contributed by atoms with E-state index in [1.54, 1.807) is 36.4 Å². The van der Waals surface area contributed by atoms with Gasteiger partial charge in [-0.05, 0) is 11.6 Å². The molecule has 3 aromatic rings. The molecule has 3 rings (SSSR count). The normalized spacial score (nSPS) is 12.7. The van der Waals surface area contributed by atoms with Crippen LogP contribution in [0, 0.1) is 11.3 Å². The minimum atomic E-state index is -3.57. The van der Waals surface area contributed by atoms with E-state index in [2.05, 4.69) is 9.97 Å². The Morgan fingerprint density at radius 2 is 1.92 bits per heavy atom. The average Bonchev–Trinajstić information content (AvgIpc) is 2.55. The van der Waals surface area contributed by atoms with E-state index in [1.165, 1.54) is 12.4 Å². The fraction of sp³-hybridized carbons (Fsp3) is 0.118. The van der Waals surface area contributed by atoms with E-state index in [0.29, 0.717) is 22.0 Å². The molecule has 1 aromatic carbocycles. The summed E-state index contributed by atoms with van der Waals surface area (Å²) in [5.74, 6) is -0.00224. The predicted molar refractivity (Wildman–Crippen MR) is 91.8 cm³/mol. The van der Waals surface area contributed by atoms with Gasteiger partial charge in [0.25, 0.3) is 0 Å². The van der Waals surface area contributed by atoms with Gasteiger partial charge in [0.2, 0.25) is 0 Å². The molecule has 2 aromatic heterocycles. The summed E-state index contributed by atoms with van der Waals surface area (Å²) in [5.41, 5.74) is 7.34. The van der Waals surface area contributed by atoms with E-state index in [1.807, 2.05) is 6.07 Å². The van der Waals surface area contributed by atoms with Crippen LogP contribution in [0.1, 0.15) is 21.9 Å². The highest BCUT2D eigenvalue weighted by Crippen LogP contribution is 2.37. The quantitative estimate of drug-likeness (QED) is 0.784. The Hall–Kier alpha value is -2.98. The van der Waals surface area contributed by atoms with Crippen molar-refractivity contribution in [3.05, 3.63) is 65.5 Å². The Labute approximate surface area is 139 Å². The zero-order chi connectivity index (χ0) is 17.3. The monoisotopic (exact) mass is 338 g/mol. The number of pyridine rings is 2. The third kappa shape index (κ3) is 2.68. The highest BCUT2D eigenvalue weighted by molar-refractivity contribution is 7.91. The first-order valence-corrected chi connectivity index (χ1v) is 9.06. The molecule has 0 saturated carbocycles. The van der Waals surface area contributed by atoms with Crippen LogP contribution in [-0.4, -0.2) is 24.6 Å². The third-order valence-corrected chi connectivity index (χ3v) is 5.13. The number of aromatic nitrogens is 2. The minimum absolute atomic E-state index is 0.00224. The average molecular weight is 338 g/mol. The van der Waals surface area contributed by atoms with Crippen molar-refractivity contribution in [2.24, 2.45) is 0 Å². The van der Waals surface area contributed by atoms with Crippen LogP contribution in [0.25, 0.3) is 10.9 Å². The first-order valence-electron chi connectivity index (χ1n) is 7.10. The summed E-state index contributed by atoms with van der Waals surface area (Å²) < 4.78 is 25.1. The molecular weight excluding hydrogens is 324 g/mol. The Balaban J connectivity index is 2.48. The van der Waals surface area contributed by atoms with Crippen molar-refractivity contribution in [2.75, 3.05) is 12.0 Å². The van der Waals surface area contributed by atoms with Crippen molar-refractivity contribution < 1.29 is 8.42 Å². The lowest BCUT2D eigenvalue weighted by Crippen LogP contribution is -2.16. The molecule has 2 N–H and O–H groups in total. The van der Waals surface area contributed by atoms with E-state index >= 15 is 0 Å². The highest BCUT2D eigenvalue weighted by atomic mass is 32.2. The molecule has 0 aliphatic rings. The number of nitrogens with zero attached hydrogens (tertiary/aromatic N) is 3. The van der Waals surface area contributed by atoms with E-state index in [4.69, 9.17) is 5.73 Å². The lowest BCUT2D eigenvalue weighted by atomic mass is 9.96. The highest BCUT2D eigenvalue weighted by Gasteiger charge is 2.30. The number of hydrogen-bond acceptors (Lipinski definition) is 6. The van der Waals surface area contributed by atoms with Gasteiger partial charge >= 0.3 is 0 Å². The van der Waals surface area contributed by atoms with E-state index in [-0.39, 0.29) is 11.4 Å². The zero-order valence-corrected chi connectivity index (χ0v) is 13.7. The van der Waals surface area contributed by atoms with Crippen molar-refractivity contribution in [2.45, 2.75) is 5.25 Å². The largest absolute Gasteiger partial charge is 0.383 e. The van der Waals surface area contributed by atoms with Crippen LogP contribution in [-0.2, 0) is 9.84 Å². The topological polar surface area (TPSA) is 110 Å². The van der Waals surface area contributed by atoms with Gasteiger partial charge in [-0.3, -0.25) is 4.98 Å². The first kappa shape index (κ1) is 15.9. The van der Waals surface area contributed by atoms with Crippen LogP contribution in [0.15, 0.2) is 48.8 Å². The van der Waals surface area contributed by atoms with Crippen LogP contribution in [0.2, 0.25) is 0 Å². The molecule has 2 heterocycles. The molecule has 6 nitrogen and oxygen atoms in total. The molecule has 0 fully saturated rings. The van der Waals surface area contributed by atoms with Gasteiger partial charge in [-0.15, -0.1) is 0 Å². The number of benzene rings is 1. The summed E-state index contributed by atoms with van der Waals surface area (Å²) in [6.45, 7) is 0. The molecule has 120 valence electrons. The third-order valence-electron chi connectivity index (χ3n) is 3.76. The molecule has 7 heteroatoms. The predicted octanol–water partition coefficient (Wildman–Crippen LogP) is 2.22. The number of fused-ring (bicyclic) bond motifs is 1. The second-order valence-corrected chi connectivity index (χ2v) is 7.54. The number of rotatable bonds is 3. The van der Waals surface area contributed by atoms with E-state index in [9.17, 15) is 13.7 Å². The van der Waals surface area contributed by atoms with Gasteiger partial charge in [-0.2, -0.15) is 5.26 Å². The van der Waals surface area contributed by atoms with E-state index in [0.717, 1.165) is 6.26 Å². The van der Waals surface area contributed by atoms with Crippen LogP contribution < -0.4 is 5.73 Å². The SMILES string of the molecule is CS(=O)(=O)C(c1ccccc1)c1c(C#N)c(N)nc2cnccc12. The summed E-state index contributed by atoms with van der Waals surface area (Å²) in [6, 6.07) is 12.4. The summed E-state index contributed by atoms with van der Waals surface area (Å²) in [5, 5.41) is 9.08. The molecule has 1 atom stereocenters. The number of sulfone groups is 1. The van der Waals surface area contributed by atoms with Gasteiger partial charge in [-0.25, -0.2) is 13.4 Å². The lowest BCUT2D eigenvalue weighted by Gasteiger charge is -2.20. The number of anilines is 1. The molecule has 0 aliphatic carbocycles. The Morgan fingerprint density at radius 1 is 1.21 bits per heavy atom. The van der Waals surface area contributed by atoms with Gasteiger partial charge in [0.05, 0.1) is 17.3 Å². The maximum Gasteiger partial charge on any atom is 0.158 e. The fourth-order valence-corrected chi connectivity index (χ4v) is 4.13. The number of hydrogen-bond donors (Lipinski definition) is 1. The molecule has 0 bridgehead atoms. The lowest BCUT2D eigenvalue weighted by molar-refractivity contribution is 0.595. The van der Waals surface area contributed by atoms with Crippen LogP contribution in [0.3, 0.4) is 0 Å². The van der Waals surface area contributed by atoms with Crippen LogP contribution >= 0.6 is 0 Å². The van der Waals surface area contributed by atoms with Crippen molar-refractivity contribution >= 4 is 26.6 Å². The summed E-state index contributed by atoms with van der Waals surface area (Å²) in [7, 11) is -3.57. The van der Waals surface area contributed by atoms with Gasteiger partial charge in [0.1, 0.15) is 17.1 Å². The second kappa shape index (κ2) is 5.91. The van der Waals surface area contributed by atoms with Crippen molar-refractivity contribution in [3.8, 4) is 6.07 Å². The summed E-state index contributed by atoms with van der Waals surface area (Å²) >= 11 is 0. The fourth-order valence-electron chi connectivity index (χ4n) is 2.81. The Bertz CT molecular complexity index is 1060. The number of nitrogen functional groups attached to an aromatic ring is 1.